The fourth-order valence-corrected chi connectivity index (χ4v) is 2.53. The fourth-order valence-electron chi connectivity index (χ4n) is 2.53. The number of carbonyl (C=O) groups excluding carboxylic acids is 2. The molecule has 152 valence electrons. The molecule has 0 spiro atoms. The van der Waals surface area contributed by atoms with E-state index in [2.05, 4.69) is 15.8 Å². The van der Waals surface area contributed by atoms with Crippen molar-refractivity contribution >= 4 is 11.8 Å². The smallest absolute Gasteiger partial charge is 0.251 e. The summed E-state index contributed by atoms with van der Waals surface area (Å²) in [5.74, 6) is 1.30. The molecule has 0 saturated carbocycles. The van der Waals surface area contributed by atoms with Gasteiger partial charge < -0.3 is 24.6 Å². The van der Waals surface area contributed by atoms with Gasteiger partial charge in [-0.1, -0.05) is 12.1 Å². The zero-order valence-electron chi connectivity index (χ0n) is 16.8. The molecule has 2 rings (SSSR count). The van der Waals surface area contributed by atoms with Crippen LogP contribution in [0.5, 0.6) is 11.5 Å². The Labute approximate surface area is 164 Å². The van der Waals surface area contributed by atoms with Gasteiger partial charge in [-0.3, -0.25) is 9.59 Å². The number of ether oxygens (including phenoxy) is 2. The van der Waals surface area contributed by atoms with E-state index < -0.39 is 0 Å². The van der Waals surface area contributed by atoms with Crippen LogP contribution >= 0.6 is 0 Å². The van der Waals surface area contributed by atoms with Crippen LogP contribution in [0.2, 0.25) is 0 Å². The SMILES string of the molecule is CCCNC(=O)CCNC(=O)c1ccc(OCc2c(C)noc2C)c(OC)c1. The molecule has 1 aromatic heterocycles. The lowest BCUT2D eigenvalue weighted by Gasteiger charge is -2.12. The fraction of sp³-hybridized carbons (Fsp3) is 0.450. The molecule has 1 heterocycles. The third-order valence-electron chi connectivity index (χ3n) is 4.19. The van der Waals surface area contributed by atoms with Gasteiger partial charge in [0.2, 0.25) is 5.91 Å². The maximum atomic E-state index is 12.3. The molecule has 0 saturated heterocycles. The first-order chi connectivity index (χ1) is 13.5. The predicted octanol–water partition coefficient (Wildman–Crippen LogP) is 2.53. The van der Waals surface area contributed by atoms with Gasteiger partial charge in [-0.2, -0.15) is 0 Å². The molecule has 0 atom stereocenters. The Bertz CT molecular complexity index is 797. The Morgan fingerprint density at radius 3 is 2.57 bits per heavy atom. The van der Waals surface area contributed by atoms with Gasteiger partial charge >= 0.3 is 0 Å². The topological polar surface area (TPSA) is 103 Å². The van der Waals surface area contributed by atoms with Gasteiger partial charge in [0.05, 0.1) is 18.4 Å². The molecule has 0 aliphatic heterocycles. The molecule has 2 amide bonds. The monoisotopic (exact) mass is 389 g/mol. The number of methoxy groups -OCH3 is 1. The highest BCUT2D eigenvalue weighted by atomic mass is 16.5. The number of nitrogens with one attached hydrogen (secondary N) is 2. The molecule has 0 aliphatic carbocycles. The summed E-state index contributed by atoms with van der Waals surface area (Å²) >= 11 is 0. The molecule has 8 nitrogen and oxygen atoms in total. The lowest BCUT2D eigenvalue weighted by molar-refractivity contribution is -0.120. The van der Waals surface area contributed by atoms with Crippen LogP contribution in [0.4, 0.5) is 0 Å². The molecule has 0 radical (unpaired) electrons. The highest BCUT2D eigenvalue weighted by Crippen LogP contribution is 2.29. The number of nitrogens with zero attached hydrogens (tertiary/aromatic N) is 1. The van der Waals surface area contributed by atoms with E-state index in [1.165, 1.54) is 7.11 Å². The van der Waals surface area contributed by atoms with E-state index in [1.54, 1.807) is 18.2 Å². The van der Waals surface area contributed by atoms with Crippen LogP contribution in [-0.4, -0.2) is 37.2 Å². The predicted molar refractivity (Wildman–Crippen MR) is 104 cm³/mol. The Morgan fingerprint density at radius 2 is 1.93 bits per heavy atom. The average molecular weight is 389 g/mol. The summed E-state index contributed by atoms with van der Waals surface area (Å²) < 4.78 is 16.3. The van der Waals surface area contributed by atoms with Crippen molar-refractivity contribution in [3.8, 4) is 11.5 Å². The Hall–Kier alpha value is -3.03. The van der Waals surface area contributed by atoms with E-state index in [0.29, 0.717) is 29.4 Å². The van der Waals surface area contributed by atoms with Crippen molar-refractivity contribution in [3.63, 3.8) is 0 Å². The molecule has 2 aromatic rings. The molecular weight excluding hydrogens is 362 g/mol. The molecule has 28 heavy (non-hydrogen) atoms. The van der Waals surface area contributed by atoms with Crippen molar-refractivity contribution in [1.82, 2.24) is 15.8 Å². The van der Waals surface area contributed by atoms with Crippen molar-refractivity contribution in [2.75, 3.05) is 20.2 Å². The summed E-state index contributed by atoms with van der Waals surface area (Å²) in [5, 5.41) is 9.39. The largest absolute Gasteiger partial charge is 0.493 e. The van der Waals surface area contributed by atoms with Crippen molar-refractivity contribution in [1.29, 1.82) is 0 Å². The third-order valence-corrected chi connectivity index (χ3v) is 4.19. The Morgan fingerprint density at radius 1 is 1.14 bits per heavy atom. The summed E-state index contributed by atoms with van der Waals surface area (Å²) in [6.45, 7) is 6.85. The summed E-state index contributed by atoms with van der Waals surface area (Å²) in [6.07, 6.45) is 1.12. The van der Waals surface area contributed by atoms with Crippen LogP contribution in [0.25, 0.3) is 0 Å². The van der Waals surface area contributed by atoms with E-state index in [-0.39, 0.29) is 31.4 Å². The minimum atomic E-state index is -0.279. The first kappa shape index (κ1) is 21.3. The summed E-state index contributed by atoms with van der Waals surface area (Å²) in [5.41, 5.74) is 2.08. The summed E-state index contributed by atoms with van der Waals surface area (Å²) in [4.78, 5) is 23.9. The molecule has 8 heteroatoms. The van der Waals surface area contributed by atoms with E-state index in [0.717, 1.165) is 17.7 Å². The minimum Gasteiger partial charge on any atom is -0.493 e. The Kier molecular flexibility index (Phi) is 7.86. The van der Waals surface area contributed by atoms with Crippen LogP contribution in [0.15, 0.2) is 22.7 Å². The normalized spacial score (nSPS) is 10.4. The molecule has 0 aliphatic rings. The van der Waals surface area contributed by atoms with Gasteiger partial charge in [0.1, 0.15) is 12.4 Å². The first-order valence-electron chi connectivity index (χ1n) is 9.23. The molecule has 0 fully saturated rings. The third kappa shape index (κ3) is 5.73. The van der Waals surface area contributed by atoms with Crippen LogP contribution < -0.4 is 20.1 Å². The average Bonchev–Trinajstić information content (AvgIpc) is 3.02. The number of benzene rings is 1. The van der Waals surface area contributed by atoms with Crippen LogP contribution in [0.1, 0.15) is 47.1 Å². The number of rotatable bonds is 10. The quantitative estimate of drug-likeness (QED) is 0.647. The number of aryl methyl sites for hydroxylation is 2. The van der Waals surface area contributed by atoms with Crippen molar-refractivity contribution in [3.05, 3.63) is 40.8 Å². The van der Waals surface area contributed by atoms with E-state index in [1.807, 2.05) is 20.8 Å². The maximum absolute atomic E-state index is 12.3. The number of hydrogen-bond acceptors (Lipinski definition) is 6. The standard InChI is InChI=1S/C20H27N3O5/c1-5-9-21-19(24)8-10-22-20(25)15-6-7-17(18(11-15)26-4)27-12-16-13(2)23-28-14(16)3/h6-7,11H,5,8-10,12H2,1-4H3,(H,21,24)(H,22,25). The highest BCUT2D eigenvalue weighted by molar-refractivity contribution is 5.95. The Balaban J connectivity index is 1.94. The van der Waals surface area contributed by atoms with Crippen LogP contribution in [0.3, 0.4) is 0 Å². The highest BCUT2D eigenvalue weighted by Gasteiger charge is 2.14. The van der Waals surface area contributed by atoms with Crippen molar-refractivity contribution in [2.24, 2.45) is 0 Å². The van der Waals surface area contributed by atoms with Crippen molar-refractivity contribution in [2.45, 2.75) is 40.2 Å². The number of amides is 2. The minimum absolute atomic E-state index is 0.0807. The van der Waals surface area contributed by atoms with E-state index in [4.69, 9.17) is 14.0 Å². The number of hydrogen-bond donors (Lipinski definition) is 2. The molecular formula is C20H27N3O5. The molecule has 1 aromatic carbocycles. The second kappa shape index (κ2) is 10.3. The van der Waals surface area contributed by atoms with Crippen LogP contribution in [0, 0.1) is 13.8 Å². The second-order valence-corrected chi connectivity index (χ2v) is 6.31. The zero-order chi connectivity index (χ0) is 20.5. The maximum Gasteiger partial charge on any atom is 0.251 e. The second-order valence-electron chi connectivity index (χ2n) is 6.31. The van der Waals surface area contributed by atoms with Gasteiger partial charge in [0, 0.05) is 25.1 Å². The van der Waals surface area contributed by atoms with Gasteiger partial charge in [0.15, 0.2) is 11.5 Å². The lowest BCUT2D eigenvalue weighted by Crippen LogP contribution is -2.31. The molecule has 2 N–H and O–H groups in total. The van der Waals surface area contributed by atoms with Gasteiger partial charge in [-0.15, -0.1) is 0 Å². The van der Waals surface area contributed by atoms with Crippen LogP contribution in [-0.2, 0) is 11.4 Å². The van der Waals surface area contributed by atoms with Gasteiger partial charge in [-0.25, -0.2) is 0 Å². The first-order valence-corrected chi connectivity index (χ1v) is 9.23. The number of carbonyl (C=O) groups is 2. The summed E-state index contributed by atoms with van der Waals surface area (Å²) in [7, 11) is 1.51. The zero-order valence-corrected chi connectivity index (χ0v) is 16.8. The number of aromatic nitrogens is 1. The van der Waals surface area contributed by atoms with E-state index in [9.17, 15) is 9.59 Å². The van der Waals surface area contributed by atoms with Gasteiger partial charge in [-0.05, 0) is 38.5 Å². The van der Waals surface area contributed by atoms with E-state index >= 15 is 0 Å². The molecule has 0 bridgehead atoms. The van der Waals surface area contributed by atoms with Crippen molar-refractivity contribution < 1.29 is 23.6 Å². The summed E-state index contributed by atoms with van der Waals surface area (Å²) in [6, 6.07) is 4.94. The molecule has 0 unspecified atom stereocenters. The van der Waals surface area contributed by atoms with Gasteiger partial charge in [0.25, 0.3) is 5.91 Å². The lowest BCUT2D eigenvalue weighted by atomic mass is 10.2.